The molecule has 0 amide bonds. The Bertz CT molecular complexity index is 407. The van der Waals surface area contributed by atoms with Crippen LogP contribution in [0.4, 0.5) is 0 Å². The Kier molecular flexibility index (Phi) is 6.81. The van der Waals surface area contributed by atoms with Gasteiger partial charge in [-0.25, -0.2) is 0 Å². The first-order valence-electron chi connectivity index (χ1n) is 6.98. The van der Waals surface area contributed by atoms with Crippen molar-refractivity contribution in [2.24, 2.45) is 11.5 Å². The first-order valence-corrected chi connectivity index (χ1v) is 6.98. The van der Waals surface area contributed by atoms with Gasteiger partial charge < -0.3 is 16.6 Å². The van der Waals surface area contributed by atoms with Gasteiger partial charge in [-0.2, -0.15) is 0 Å². The minimum atomic E-state index is -1.59. The fourth-order valence-corrected chi connectivity index (χ4v) is 2.01. The minimum Gasteiger partial charge on any atom is -0.369 e. The van der Waals surface area contributed by atoms with Crippen LogP contribution < -0.4 is 16.8 Å². The molecular formula is C15H25N3O2. The van der Waals surface area contributed by atoms with Crippen LogP contribution in [-0.2, 0) is 11.2 Å². The fourth-order valence-electron chi connectivity index (χ4n) is 2.01. The topological polar surface area (TPSA) is 101 Å². The molecule has 2 unspecified atom stereocenters. The van der Waals surface area contributed by atoms with Crippen molar-refractivity contribution >= 4 is 5.78 Å². The SMILES string of the molecule is CC(O)(NCCc1ccccc1)C(=O)C(N)CCCN. The Morgan fingerprint density at radius 3 is 2.65 bits per heavy atom. The van der Waals surface area contributed by atoms with E-state index < -0.39 is 11.8 Å². The predicted octanol–water partition coefficient (Wildman–Crippen LogP) is 0.163. The molecule has 0 bridgehead atoms. The molecule has 0 fully saturated rings. The number of Topliss-reactive ketones (excluding diaryl/α,β-unsaturated/α-hetero) is 1. The average Bonchev–Trinajstić information content (AvgIpc) is 2.44. The molecule has 0 aliphatic carbocycles. The molecule has 0 heterocycles. The standard InChI is InChI=1S/C15H25N3O2/c1-15(20,14(19)13(17)8-5-10-16)18-11-9-12-6-3-2-4-7-12/h2-4,6-7,13,18,20H,5,8-11,16-17H2,1H3. The molecule has 20 heavy (non-hydrogen) atoms. The Balaban J connectivity index is 2.42. The lowest BCUT2D eigenvalue weighted by molar-refractivity contribution is -0.140. The van der Waals surface area contributed by atoms with E-state index in [9.17, 15) is 9.90 Å². The molecule has 0 aliphatic rings. The van der Waals surface area contributed by atoms with Crippen LogP contribution in [0.15, 0.2) is 30.3 Å². The van der Waals surface area contributed by atoms with Crippen molar-refractivity contribution in [2.75, 3.05) is 13.1 Å². The van der Waals surface area contributed by atoms with Crippen molar-refractivity contribution in [1.82, 2.24) is 5.32 Å². The Hall–Kier alpha value is -1.27. The van der Waals surface area contributed by atoms with Crippen molar-refractivity contribution in [3.05, 3.63) is 35.9 Å². The molecule has 6 N–H and O–H groups in total. The van der Waals surface area contributed by atoms with Crippen molar-refractivity contribution in [2.45, 2.75) is 38.0 Å². The van der Waals surface area contributed by atoms with Crippen LogP contribution in [0, 0.1) is 0 Å². The highest BCUT2D eigenvalue weighted by Crippen LogP contribution is 2.07. The van der Waals surface area contributed by atoms with Crippen LogP contribution >= 0.6 is 0 Å². The van der Waals surface area contributed by atoms with E-state index in [1.807, 2.05) is 30.3 Å². The van der Waals surface area contributed by atoms with Gasteiger partial charge in [-0.15, -0.1) is 0 Å². The van der Waals surface area contributed by atoms with E-state index >= 15 is 0 Å². The summed E-state index contributed by atoms with van der Waals surface area (Å²) >= 11 is 0. The number of hydrogen-bond donors (Lipinski definition) is 4. The van der Waals surface area contributed by atoms with Gasteiger partial charge in [-0.1, -0.05) is 30.3 Å². The van der Waals surface area contributed by atoms with E-state index in [-0.39, 0.29) is 5.78 Å². The normalized spacial score (nSPS) is 15.6. The van der Waals surface area contributed by atoms with Crippen LogP contribution in [0.1, 0.15) is 25.3 Å². The Labute approximate surface area is 120 Å². The Morgan fingerprint density at radius 1 is 1.40 bits per heavy atom. The second-order valence-corrected chi connectivity index (χ2v) is 5.14. The van der Waals surface area contributed by atoms with Gasteiger partial charge in [0.1, 0.15) is 0 Å². The quantitative estimate of drug-likeness (QED) is 0.482. The highest BCUT2D eigenvalue weighted by atomic mass is 16.3. The largest absolute Gasteiger partial charge is 0.369 e. The number of hydrogen-bond acceptors (Lipinski definition) is 5. The third-order valence-electron chi connectivity index (χ3n) is 3.26. The first-order chi connectivity index (χ1) is 9.47. The van der Waals surface area contributed by atoms with Crippen LogP contribution in [0.2, 0.25) is 0 Å². The number of carbonyl (C=O) groups excluding carboxylic acids is 1. The zero-order valence-electron chi connectivity index (χ0n) is 12.0. The molecule has 5 nitrogen and oxygen atoms in total. The summed E-state index contributed by atoms with van der Waals surface area (Å²) in [5.41, 5.74) is 10.7. The molecule has 1 rings (SSSR count). The van der Waals surface area contributed by atoms with Gasteiger partial charge >= 0.3 is 0 Å². The second kappa shape index (κ2) is 8.11. The van der Waals surface area contributed by atoms with Gasteiger partial charge in [0.25, 0.3) is 0 Å². The van der Waals surface area contributed by atoms with Crippen LogP contribution in [-0.4, -0.2) is 35.7 Å². The van der Waals surface area contributed by atoms with E-state index in [0.717, 1.165) is 12.0 Å². The minimum absolute atomic E-state index is 0.390. The lowest BCUT2D eigenvalue weighted by Crippen LogP contribution is -2.56. The van der Waals surface area contributed by atoms with E-state index in [1.54, 1.807) is 0 Å². The molecule has 0 spiro atoms. The highest BCUT2D eigenvalue weighted by Gasteiger charge is 2.33. The molecule has 5 heteroatoms. The van der Waals surface area contributed by atoms with Crippen molar-refractivity contribution in [3.63, 3.8) is 0 Å². The lowest BCUT2D eigenvalue weighted by atomic mass is 9.99. The number of aliphatic hydroxyl groups is 1. The van der Waals surface area contributed by atoms with E-state index in [4.69, 9.17) is 11.5 Å². The summed E-state index contributed by atoms with van der Waals surface area (Å²) in [5.74, 6) is -0.390. The van der Waals surface area contributed by atoms with Gasteiger partial charge in [0.05, 0.1) is 6.04 Å². The molecule has 1 aromatic carbocycles. The van der Waals surface area contributed by atoms with Gasteiger partial charge in [-0.05, 0) is 38.3 Å². The summed E-state index contributed by atoms with van der Waals surface area (Å²) in [5, 5.41) is 13.0. The number of benzene rings is 1. The van der Waals surface area contributed by atoms with Crippen molar-refractivity contribution in [3.8, 4) is 0 Å². The number of carbonyl (C=O) groups is 1. The molecule has 112 valence electrons. The molecule has 0 radical (unpaired) electrons. The summed E-state index contributed by atoms with van der Waals surface area (Å²) in [7, 11) is 0. The molecule has 0 saturated carbocycles. The number of nitrogens with one attached hydrogen (secondary N) is 1. The summed E-state index contributed by atoms with van der Waals surface area (Å²) in [6.45, 7) is 2.44. The fraction of sp³-hybridized carbons (Fsp3) is 0.533. The zero-order valence-corrected chi connectivity index (χ0v) is 12.0. The average molecular weight is 279 g/mol. The lowest BCUT2D eigenvalue weighted by Gasteiger charge is -2.26. The van der Waals surface area contributed by atoms with Crippen molar-refractivity contribution in [1.29, 1.82) is 0 Å². The van der Waals surface area contributed by atoms with Gasteiger partial charge in [0, 0.05) is 6.54 Å². The van der Waals surface area contributed by atoms with E-state index in [2.05, 4.69) is 5.32 Å². The molecule has 0 aromatic heterocycles. The maximum absolute atomic E-state index is 12.0. The maximum atomic E-state index is 12.0. The molecular weight excluding hydrogens is 254 g/mol. The molecule has 0 aliphatic heterocycles. The first kappa shape index (κ1) is 16.8. The van der Waals surface area contributed by atoms with E-state index in [1.165, 1.54) is 6.92 Å². The highest BCUT2D eigenvalue weighted by molar-refractivity contribution is 5.90. The summed E-state index contributed by atoms with van der Waals surface area (Å²) in [6.07, 6.45) is 1.90. The van der Waals surface area contributed by atoms with Crippen LogP contribution in [0.3, 0.4) is 0 Å². The monoisotopic (exact) mass is 279 g/mol. The molecule has 0 saturated heterocycles. The molecule has 2 atom stereocenters. The second-order valence-electron chi connectivity index (χ2n) is 5.14. The zero-order chi connectivity index (χ0) is 15.0. The maximum Gasteiger partial charge on any atom is 0.195 e. The number of ketones is 1. The molecule has 1 aromatic rings. The number of rotatable bonds is 9. The summed E-state index contributed by atoms with van der Waals surface area (Å²) < 4.78 is 0. The smallest absolute Gasteiger partial charge is 0.195 e. The van der Waals surface area contributed by atoms with Crippen LogP contribution in [0.5, 0.6) is 0 Å². The predicted molar refractivity (Wildman–Crippen MR) is 80.0 cm³/mol. The van der Waals surface area contributed by atoms with Crippen molar-refractivity contribution < 1.29 is 9.90 Å². The summed E-state index contributed by atoms with van der Waals surface area (Å²) in [4.78, 5) is 12.0. The third kappa shape index (κ3) is 5.38. The van der Waals surface area contributed by atoms with Gasteiger partial charge in [-0.3, -0.25) is 10.1 Å². The third-order valence-corrected chi connectivity index (χ3v) is 3.26. The Morgan fingerprint density at radius 2 is 2.05 bits per heavy atom. The van der Waals surface area contributed by atoms with Gasteiger partial charge in [0.2, 0.25) is 0 Å². The summed E-state index contributed by atoms with van der Waals surface area (Å²) in [6, 6.07) is 9.20. The van der Waals surface area contributed by atoms with E-state index in [0.29, 0.717) is 25.9 Å². The van der Waals surface area contributed by atoms with Gasteiger partial charge in [0.15, 0.2) is 11.5 Å². The number of nitrogens with two attached hydrogens (primary N) is 2. The van der Waals surface area contributed by atoms with Crippen LogP contribution in [0.25, 0.3) is 0 Å².